The molecule has 136 valence electrons. The van der Waals surface area contributed by atoms with Crippen molar-refractivity contribution in [3.63, 3.8) is 0 Å². The normalized spacial score (nSPS) is 16.3. The molecule has 1 atom stereocenters. The quantitative estimate of drug-likeness (QED) is 0.738. The van der Waals surface area contributed by atoms with Crippen LogP contribution in [-0.4, -0.2) is 37.2 Å². The molecule has 0 spiro atoms. The molecule has 2 aromatic carbocycles. The number of sulfone groups is 1. The highest BCUT2D eigenvalue weighted by molar-refractivity contribution is 7.90. The van der Waals surface area contributed by atoms with Gasteiger partial charge in [0.15, 0.2) is 9.84 Å². The van der Waals surface area contributed by atoms with E-state index >= 15 is 0 Å². The predicted octanol–water partition coefficient (Wildman–Crippen LogP) is 2.04. The highest BCUT2D eigenvalue weighted by Crippen LogP contribution is 2.28. The first-order valence-electron chi connectivity index (χ1n) is 7.94. The topological polar surface area (TPSA) is 113 Å². The van der Waals surface area contributed by atoms with Crippen LogP contribution in [0.2, 0.25) is 0 Å². The number of carboxylic acids is 1. The van der Waals surface area contributed by atoms with Crippen molar-refractivity contribution < 1.29 is 23.1 Å². The number of carbonyl (C=O) groups is 2. The minimum atomic E-state index is -3.52. The molecule has 0 bridgehead atoms. The summed E-state index contributed by atoms with van der Waals surface area (Å²) < 4.78 is 24.9. The van der Waals surface area contributed by atoms with E-state index in [1.54, 1.807) is 12.1 Å². The molecule has 0 fully saturated rings. The number of hydrogen-bond donors (Lipinski definition) is 3. The molecule has 1 amide bonds. The van der Waals surface area contributed by atoms with Gasteiger partial charge in [0.05, 0.1) is 28.4 Å². The molecule has 1 heterocycles. The molecule has 0 aromatic heterocycles. The number of rotatable bonds is 5. The van der Waals surface area contributed by atoms with Crippen LogP contribution in [0.1, 0.15) is 21.5 Å². The lowest BCUT2D eigenvalue weighted by Gasteiger charge is -2.27. The van der Waals surface area contributed by atoms with Gasteiger partial charge in [-0.25, -0.2) is 13.2 Å². The third kappa shape index (κ3) is 4.02. The van der Waals surface area contributed by atoms with Crippen LogP contribution in [0.3, 0.4) is 0 Å². The minimum absolute atomic E-state index is 0.0382. The summed E-state index contributed by atoms with van der Waals surface area (Å²) in [7, 11) is -3.52. The predicted molar refractivity (Wildman–Crippen MR) is 98.1 cm³/mol. The van der Waals surface area contributed by atoms with Crippen molar-refractivity contribution in [2.24, 2.45) is 0 Å². The van der Waals surface area contributed by atoms with Gasteiger partial charge in [-0.2, -0.15) is 0 Å². The lowest BCUT2D eigenvalue weighted by molar-refractivity contribution is -0.116. The Morgan fingerprint density at radius 2 is 1.81 bits per heavy atom. The highest BCUT2D eigenvalue weighted by Gasteiger charge is 2.30. The van der Waals surface area contributed by atoms with E-state index in [0.717, 1.165) is 5.56 Å². The van der Waals surface area contributed by atoms with Gasteiger partial charge in [-0.05, 0) is 30.7 Å². The number of fused-ring (bicyclic) bond motifs is 1. The second kappa shape index (κ2) is 6.80. The van der Waals surface area contributed by atoms with Crippen LogP contribution < -0.4 is 10.6 Å². The number of carboxylic acid groups (broad SMARTS) is 1. The summed E-state index contributed by atoms with van der Waals surface area (Å²) in [5.41, 5.74) is 2.55. The molecule has 8 heteroatoms. The second-order valence-corrected chi connectivity index (χ2v) is 8.40. The van der Waals surface area contributed by atoms with Gasteiger partial charge in [0.25, 0.3) is 0 Å². The number of amides is 1. The summed E-state index contributed by atoms with van der Waals surface area (Å²) in [4.78, 5) is 23.2. The van der Waals surface area contributed by atoms with E-state index in [1.165, 1.54) is 18.2 Å². The molecule has 3 N–H and O–H groups in total. The maximum atomic E-state index is 12.5. The Morgan fingerprint density at radius 3 is 2.46 bits per heavy atom. The molecule has 3 rings (SSSR count). The van der Waals surface area contributed by atoms with Crippen LogP contribution in [0.5, 0.6) is 0 Å². The number of hydrogen-bond acceptors (Lipinski definition) is 5. The van der Waals surface area contributed by atoms with Crippen molar-refractivity contribution in [2.75, 3.05) is 16.4 Å². The lowest BCUT2D eigenvalue weighted by atomic mass is 10.1. The fourth-order valence-electron chi connectivity index (χ4n) is 2.75. The van der Waals surface area contributed by atoms with Crippen LogP contribution in [0.25, 0.3) is 0 Å². The summed E-state index contributed by atoms with van der Waals surface area (Å²) in [6.45, 7) is 1.92. The molecule has 1 unspecified atom stereocenters. The van der Waals surface area contributed by atoms with Crippen LogP contribution in [-0.2, 0) is 20.4 Å². The number of benzene rings is 2. The van der Waals surface area contributed by atoms with E-state index in [2.05, 4.69) is 10.6 Å². The smallest absolute Gasteiger partial charge is 0.335 e. The van der Waals surface area contributed by atoms with Crippen molar-refractivity contribution in [2.45, 2.75) is 18.7 Å². The largest absolute Gasteiger partial charge is 0.478 e. The Bertz CT molecular complexity index is 968. The van der Waals surface area contributed by atoms with Crippen molar-refractivity contribution >= 4 is 33.1 Å². The number of aryl methyl sites for hydroxylation is 1. The fourth-order valence-corrected chi connectivity index (χ4v) is 4.31. The first kappa shape index (κ1) is 17.9. The Balaban J connectivity index is 1.74. The molecular weight excluding hydrogens is 356 g/mol. The molecule has 1 aliphatic heterocycles. The van der Waals surface area contributed by atoms with Crippen molar-refractivity contribution in [3.8, 4) is 0 Å². The van der Waals surface area contributed by atoms with Gasteiger partial charge in [-0.1, -0.05) is 29.8 Å². The molecule has 0 saturated heterocycles. The van der Waals surface area contributed by atoms with Crippen LogP contribution in [0, 0.1) is 6.92 Å². The maximum Gasteiger partial charge on any atom is 0.335 e. The van der Waals surface area contributed by atoms with E-state index in [-0.39, 0.29) is 17.1 Å². The van der Waals surface area contributed by atoms with Gasteiger partial charge in [-0.3, -0.25) is 4.79 Å². The summed E-state index contributed by atoms with van der Waals surface area (Å²) in [6, 6.07) is 10.5. The molecule has 1 aliphatic rings. The van der Waals surface area contributed by atoms with Gasteiger partial charge in [0, 0.05) is 0 Å². The Labute approximate surface area is 151 Å². The van der Waals surface area contributed by atoms with Gasteiger partial charge >= 0.3 is 5.97 Å². The number of aromatic carboxylic acids is 1. The van der Waals surface area contributed by atoms with Gasteiger partial charge < -0.3 is 15.7 Å². The van der Waals surface area contributed by atoms with Crippen LogP contribution >= 0.6 is 0 Å². The summed E-state index contributed by atoms with van der Waals surface area (Å²) >= 11 is 0. The minimum Gasteiger partial charge on any atom is -0.478 e. The Hall–Kier alpha value is -2.87. The number of carbonyl (C=O) groups excluding carboxylic acids is 1. The Morgan fingerprint density at radius 1 is 1.12 bits per heavy atom. The maximum absolute atomic E-state index is 12.5. The first-order valence-corrected chi connectivity index (χ1v) is 9.76. The Kier molecular flexibility index (Phi) is 4.69. The number of nitrogens with one attached hydrogen (secondary N) is 2. The third-order valence-corrected chi connectivity index (χ3v) is 5.71. The highest BCUT2D eigenvalue weighted by atomic mass is 32.2. The third-order valence-electron chi connectivity index (χ3n) is 4.10. The van der Waals surface area contributed by atoms with E-state index in [9.17, 15) is 18.0 Å². The monoisotopic (exact) mass is 374 g/mol. The second-order valence-electron chi connectivity index (χ2n) is 6.29. The van der Waals surface area contributed by atoms with Gasteiger partial charge in [0.1, 0.15) is 6.04 Å². The zero-order chi connectivity index (χ0) is 18.9. The van der Waals surface area contributed by atoms with Crippen molar-refractivity contribution in [1.82, 2.24) is 0 Å². The molecule has 0 aliphatic carbocycles. The molecule has 26 heavy (non-hydrogen) atoms. The summed E-state index contributed by atoms with van der Waals surface area (Å²) in [5.74, 6) is -2.12. The van der Waals surface area contributed by atoms with Crippen molar-refractivity contribution in [1.29, 1.82) is 0 Å². The van der Waals surface area contributed by atoms with Crippen molar-refractivity contribution in [3.05, 3.63) is 59.2 Å². The SMILES string of the molecule is Cc1ccc(CS(=O)(=O)CC2Nc3ccc(C(=O)O)cc3NC2=O)cc1. The average molecular weight is 374 g/mol. The summed E-state index contributed by atoms with van der Waals surface area (Å²) in [6.07, 6.45) is 0. The standard InChI is InChI=1S/C18H18N2O5S/c1-11-2-4-12(5-3-11)9-26(24,25)10-16-17(21)20-15-8-13(18(22)23)6-7-14(15)19-16/h2-8,16,19H,9-10H2,1H3,(H,20,21)(H,22,23). The molecule has 7 nitrogen and oxygen atoms in total. The van der Waals surface area contributed by atoms with E-state index in [1.807, 2.05) is 19.1 Å². The van der Waals surface area contributed by atoms with E-state index in [4.69, 9.17) is 5.11 Å². The zero-order valence-electron chi connectivity index (χ0n) is 14.0. The summed E-state index contributed by atoms with van der Waals surface area (Å²) in [5, 5.41) is 14.5. The van der Waals surface area contributed by atoms with Gasteiger partial charge in [-0.15, -0.1) is 0 Å². The molecule has 0 saturated carbocycles. The first-order chi connectivity index (χ1) is 12.2. The number of anilines is 2. The van der Waals surface area contributed by atoms with E-state index < -0.39 is 27.8 Å². The molecular formula is C18H18N2O5S. The fraction of sp³-hybridized carbons (Fsp3) is 0.222. The van der Waals surface area contributed by atoms with Crippen LogP contribution in [0.4, 0.5) is 11.4 Å². The lowest BCUT2D eigenvalue weighted by Crippen LogP contribution is -2.43. The zero-order valence-corrected chi connectivity index (χ0v) is 14.8. The van der Waals surface area contributed by atoms with E-state index in [0.29, 0.717) is 16.9 Å². The molecule has 2 aromatic rings. The molecule has 0 radical (unpaired) electrons. The van der Waals surface area contributed by atoms with Gasteiger partial charge in [0.2, 0.25) is 5.91 Å². The average Bonchev–Trinajstić information content (AvgIpc) is 2.56. The van der Waals surface area contributed by atoms with Crippen LogP contribution in [0.15, 0.2) is 42.5 Å².